The minimum absolute atomic E-state index is 0.355. The number of hydrogen-bond donors (Lipinski definition) is 2. The van der Waals surface area contributed by atoms with Gasteiger partial charge in [0, 0.05) is 23.5 Å². The second-order valence-corrected chi connectivity index (χ2v) is 9.25. The number of carbonyl (C=O) groups is 2. The number of benzene rings is 2. The molecule has 0 radical (unpaired) electrons. The summed E-state index contributed by atoms with van der Waals surface area (Å²) in [5.74, 6) is -0.447. The van der Waals surface area contributed by atoms with E-state index in [-0.39, 0.29) is 5.91 Å². The Morgan fingerprint density at radius 3 is 2.15 bits per heavy atom. The highest BCUT2D eigenvalue weighted by molar-refractivity contribution is 6.68. The van der Waals surface area contributed by atoms with Crippen molar-refractivity contribution in [2.24, 2.45) is 5.10 Å². The van der Waals surface area contributed by atoms with Gasteiger partial charge in [-0.3, -0.25) is 14.6 Å². The first-order valence-electron chi connectivity index (χ1n) is 9.67. The van der Waals surface area contributed by atoms with Gasteiger partial charge in [0.1, 0.15) is 5.75 Å². The van der Waals surface area contributed by atoms with E-state index in [0.29, 0.717) is 22.4 Å². The van der Waals surface area contributed by atoms with Crippen molar-refractivity contribution in [1.29, 1.82) is 0 Å². The molecule has 2 amide bonds. The van der Waals surface area contributed by atoms with Gasteiger partial charge in [0.05, 0.1) is 6.21 Å². The molecule has 3 rings (SSSR count). The highest BCUT2D eigenvalue weighted by atomic mass is 35.6. The van der Waals surface area contributed by atoms with Crippen molar-refractivity contribution in [2.45, 2.75) is 16.9 Å². The second kappa shape index (κ2) is 11.1. The highest BCUT2D eigenvalue weighted by Crippen LogP contribution is 2.32. The van der Waals surface area contributed by atoms with Crippen molar-refractivity contribution in [3.63, 3.8) is 0 Å². The lowest BCUT2D eigenvalue weighted by atomic mass is 10.1. The fourth-order valence-electron chi connectivity index (χ4n) is 2.59. The minimum atomic E-state index is -1.92. The molecule has 0 bridgehead atoms. The molecule has 0 spiro atoms. The summed E-state index contributed by atoms with van der Waals surface area (Å²) in [5, 5.41) is 6.50. The lowest BCUT2D eigenvalue weighted by molar-refractivity contribution is 0.0832. The normalized spacial score (nSPS) is 12.2. The molecule has 1 aromatic heterocycles. The SMILES string of the molecule is Cc1ccc(C(=O)NC(Oc2ccc(C=NNC(=O)c3ccncc3)cc2)C(Cl)(Cl)Cl)cc1. The molecule has 2 N–H and O–H groups in total. The van der Waals surface area contributed by atoms with Crippen LogP contribution in [0.2, 0.25) is 0 Å². The Morgan fingerprint density at radius 1 is 0.939 bits per heavy atom. The summed E-state index contributed by atoms with van der Waals surface area (Å²) >= 11 is 18.0. The van der Waals surface area contributed by atoms with Gasteiger partial charge in [-0.1, -0.05) is 52.5 Å². The number of aryl methyl sites for hydroxylation is 1. The van der Waals surface area contributed by atoms with Crippen LogP contribution in [0.4, 0.5) is 0 Å². The number of amides is 2. The maximum atomic E-state index is 12.5. The van der Waals surface area contributed by atoms with Gasteiger partial charge in [-0.2, -0.15) is 5.10 Å². The van der Waals surface area contributed by atoms with Crippen molar-refractivity contribution in [3.8, 4) is 5.75 Å². The molecule has 1 heterocycles. The molecule has 0 aliphatic heterocycles. The molecule has 1 atom stereocenters. The molecule has 3 aromatic rings. The monoisotopic (exact) mass is 504 g/mol. The fraction of sp³-hybridized carbons (Fsp3) is 0.130. The highest BCUT2D eigenvalue weighted by Gasteiger charge is 2.36. The molecule has 0 aliphatic rings. The average molecular weight is 506 g/mol. The van der Waals surface area contributed by atoms with Crippen LogP contribution in [0.5, 0.6) is 5.75 Å². The third kappa shape index (κ3) is 7.46. The largest absolute Gasteiger partial charge is 0.466 e. The van der Waals surface area contributed by atoms with Gasteiger partial charge in [-0.15, -0.1) is 0 Å². The summed E-state index contributed by atoms with van der Waals surface area (Å²) in [7, 11) is 0. The Kier molecular flexibility index (Phi) is 8.27. The number of pyridine rings is 1. The van der Waals surface area contributed by atoms with Gasteiger partial charge in [0.15, 0.2) is 0 Å². The maximum Gasteiger partial charge on any atom is 0.271 e. The van der Waals surface area contributed by atoms with E-state index in [1.54, 1.807) is 60.7 Å². The first kappa shape index (κ1) is 24.5. The first-order chi connectivity index (χ1) is 15.7. The molecular weight excluding hydrogens is 487 g/mol. The Labute approximate surface area is 205 Å². The predicted octanol–water partition coefficient (Wildman–Crippen LogP) is 4.66. The standard InChI is InChI=1S/C23H19Cl3N4O3/c1-15-2-6-17(7-3-15)20(31)29-22(23(24,25)26)33-19-8-4-16(5-9-19)14-28-30-21(32)18-10-12-27-13-11-18/h2-14,22H,1H3,(H,29,31)(H,30,32). The van der Waals surface area contributed by atoms with E-state index in [9.17, 15) is 9.59 Å². The Morgan fingerprint density at radius 2 is 1.55 bits per heavy atom. The van der Waals surface area contributed by atoms with Crippen LogP contribution in [0, 0.1) is 6.92 Å². The van der Waals surface area contributed by atoms with Crippen molar-refractivity contribution in [2.75, 3.05) is 0 Å². The molecule has 0 fully saturated rings. The van der Waals surface area contributed by atoms with Crippen LogP contribution in [-0.4, -0.2) is 33.0 Å². The van der Waals surface area contributed by atoms with E-state index in [0.717, 1.165) is 5.56 Å². The third-order valence-corrected chi connectivity index (χ3v) is 4.92. The summed E-state index contributed by atoms with van der Waals surface area (Å²) in [6.45, 7) is 1.91. The molecular formula is C23H19Cl3N4O3. The zero-order chi connectivity index (χ0) is 23.8. The lowest BCUT2D eigenvalue weighted by Gasteiger charge is -2.26. The number of nitrogens with one attached hydrogen (secondary N) is 2. The van der Waals surface area contributed by atoms with Crippen LogP contribution in [0.25, 0.3) is 0 Å². The topological polar surface area (TPSA) is 92.7 Å². The summed E-state index contributed by atoms with van der Waals surface area (Å²) in [6, 6.07) is 16.7. The van der Waals surface area contributed by atoms with Crippen LogP contribution in [-0.2, 0) is 0 Å². The van der Waals surface area contributed by atoms with Crippen LogP contribution in [0.1, 0.15) is 31.8 Å². The number of alkyl halides is 3. The van der Waals surface area contributed by atoms with Crippen LogP contribution in [0.15, 0.2) is 78.2 Å². The molecule has 1 unspecified atom stereocenters. The summed E-state index contributed by atoms with van der Waals surface area (Å²) in [6.07, 6.45) is 3.26. The molecule has 7 nitrogen and oxygen atoms in total. The van der Waals surface area contributed by atoms with Gasteiger partial charge in [0.25, 0.3) is 11.8 Å². The second-order valence-electron chi connectivity index (χ2n) is 6.88. The molecule has 33 heavy (non-hydrogen) atoms. The fourth-order valence-corrected chi connectivity index (χ4v) is 2.88. The molecule has 2 aromatic carbocycles. The molecule has 170 valence electrons. The van der Waals surface area contributed by atoms with Crippen LogP contribution >= 0.6 is 34.8 Å². The van der Waals surface area contributed by atoms with Gasteiger partial charge in [-0.05, 0) is 61.0 Å². The van der Waals surface area contributed by atoms with Gasteiger partial charge >= 0.3 is 0 Å². The molecule has 0 saturated heterocycles. The van der Waals surface area contributed by atoms with E-state index < -0.39 is 15.9 Å². The zero-order valence-electron chi connectivity index (χ0n) is 17.3. The number of hydrazone groups is 1. The molecule has 0 aliphatic carbocycles. The van der Waals surface area contributed by atoms with Gasteiger partial charge in [0.2, 0.25) is 10.0 Å². The summed E-state index contributed by atoms with van der Waals surface area (Å²) in [4.78, 5) is 28.3. The summed E-state index contributed by atoms with van der Waals surface area (Å²) < 4.78 is 3.78. The van der Waals surface area contributed by atoms with E-state index >= 15 is 0 Å². The van der Waals surface area contributed by atoms with Gasteiger partial charge < -0.3 is 10.1 Å². The number of ether oxygens (including phenoxy) is 1. The number of nitrogens with zero attached hydrogens (tertiary/aromatic N) is 2. The summed E-state index contributed by atoms with van der Waals surface area (Å²) in [5.41, 5.74) is 4.98. The van der Waals surface area contributed by atoms with Crippen LogP contribution < -0.4 is 15.5 Å². The van der Waals surface area contributed by atoms with Crippen molar-refractivity contribution in [1.82, 2.24) is 15.7 Å². The smallest absolute Gasteiger partial charge is 0.271 e. The molecule has 0 saturated carbocycles. The Hall–Kier alpha value is -3.13. The number of halogens is 3. The van der Waals surface area contributed by atoms with Crippen molar-refractivity contribution < 1.29 is 14.3 Å². The Bertz CT molecular complexity index is 1120. The lowest BCUT2D eigenvalue weighted by Crippen LogP contribution is -2.47. The quantitative estimate of drug-likeness (QED) is 0.211. The van der Waals surface area contributed by atoms with Gasteiger partial charge in [-0.25, -0.2) is 5.43 Å². The first-order valence-corrected chi connectivity index (χ1v) is 10.8. The number of carbonyl (C=O) groups excluding carboxylic acids is 2. The van der Waals surface area contributed by atoms with E-state index in [1.807, 2.05) is 6.92 Å². The maximum absolute atomic E-state index is 12.5. The number of hydrogen-bond acceptors (Lipinski definition) is 5. The predicted molar refractivity (Wildman–Crippen MR) is 129 cm³/mol. The van der Waals surface area contributed by atoms with Crippen LogP contribution in [0.3, 0.4) is 0 Å². The van der Waals surface area contributed by atoms with Crippen molar-refractivity contribution in [3.05, 3.63) is 95.3 Å². The van der Waals surface area contributed by atoms with E-state index in [4.69, 9.17) is 39.5 Å². The third-order valence-electron chi connectivity index (χ3n) is 4.33. The number of rotatable bonds is 7. The zero-order valence-corrected chi connectivity index (χ0v) is 19.6. The van der Waals surface area contributed by atoms with Crippen molar-refractivity contribution >= 4 is 52.8 Å². The average Bonchev–Trinajstić information content (AvgIpc) is 2.80. The Balaban J connectivity index is 1.61. The molecule has 10 heteroatoms. The minimum Gasteiger partial charge on any atom is -0.466 e. The van der Waals surface area contributed by atoms with E-state index in [2.05, 4.69) is 20.8 Å². The van der Waals surface area contributed by atoms with E-state index in [1.165, 1.54) is 18.6 Å². The number of aromatic nitrogens is 1.